The van der Waals surface area contributed by atoms with Crippen LogP contribution in [-0.2, 0) is 0 Å². The van der Waals surface area contributed by atoms with Crippen LogP contribution in [0.25, 0.3) is 77.2 Å². The van der Waals surface area contributed by atoms with Crippen molar-refractivity contribution in [3.63, 3.8) is 0 Å². The molecule has 1 aliphatic heterocycles. The third-order valence-corrected chi connectivity index (χ3v) is 10.3. The lowest BCUT2D eigenvalue weighted by Crippen LogP contribution is -2.20. The van der Waals surface area contributed by atoms with E-state index in [1.807, 2.05) is 6.20 Å². The Kier molecular flexibility index (Phi) is 6.66. The lowest BCUT2D eigenvalue weighted by Gasteiger charge is -2.19. The second kappa shape index (κ2) is 11.6. The molecule has 50 heavy (non-hydrogen) atoms. The Morgan fingerprint density at radius 3 is 1.62 bits per heavy atom. The van der Waals surface area contributed by atoms with Crippen molar-refractivity contribution < 1.29 is 0 Å². The molecule has 1 unspecified atom stereocenters. The van der Waals surface area contributed by atoms with Gasteiger partial charge in [-0.25, -0.2) is 0 Å². The fourth-order valence-electron chi connectivity index (χ4n) is 7.93. The van der Waals surface area contributed by atoms with Crippen LogP contribution in [0, 0.1) is 0 Å². The number of allylic oxidation sites excluding steroid dienone is 1. The van der Waals surface area contributed by atoms with Gasteiger partial charge in [0.05, 0.1) is 34.0 Å². The maximum absolute atomic E-state index is 5.01. The number of aromatic nitrogens is 3. The van der Waals surface area contributed by atoms with Gasteiger partial charge in [0.15, 0.2) is 0 Å². The van der Waals surface area contributed by atoms with E-state index in [4.69, 9.17) is 4.98 Å². The van der Waals surface area contributed by atoms with Crippen molar-refractivity contribution in [2.45, 2.75) is 12.3 Å². The van der Waals surface area contributed by atoms with E-state index >= 15 is 0 Å². The molecule has 10 rings (SSSR count). The number of nitrogens with zero attached hydrogens (tertiary/aromatic N) is 3. The lowest BCUT2D eigenvalue weighted by molar-refractivity contribution is 0.610. The molecule has 1 N–H and O–H groups in total. The smallest absolute Gasteiger partial charge is 0.0645 e. The molecule has 0 spiro atoms. The first-order chi connectivity index (χ1) is 24.8. The van der Waals surface area contributed by atoms with Crippen LogP contribution in [0.1, 0.15) is 18.0 Å². The Bertz CT molecular complexity index is 2660. The number of hydrogen-bond donors (Lipinski definition) is 1. The van der Waals surface area contributed by atoms with Crippen molar-refractivity contribution in [2.24, 2.45) is 0 Å². The van der Waals surface area contributed by atoms with Gasteiger partial charge in [-0.1, -0.05) is 103 Å². The molecule has 9 aromatic rings. The Labute approximate surface area is 290 Å². The van der Waals surface area contributed by atoms with Crippen molar-refractivity contribution in [3.05, 3.63) is 176 Å². The summed E-state index contributed by atoms with van der Waals surface area (Å²) in [6, 6.07) is 55.2. The Morgan fingerprint density at radius 2 is 1.06 bits per heavy atom. The van der Waals surface area contributed by atoms with E-state index in [9.17, 15) is 0 Å². The van der Waals surface area contributed by atoms with Crippen LogP contribution in [0.5, 0.6) is 0 Å². The van der Waals surface area contributed by atoms with Crippen LogP contribution in [0.15, 0.2) is 170 Å². The molecule has 3 aromatic heterocycles. The first kappa shape index (κ1) is 28.6. The summed E-state index contributed by atoms with van der Waals surface area (Å²) in [6.45, 7) is 0.915. The topological polar surface area (TPSA) is 34.8 Å². The summed E-state index contributed by atoms with van der Waals surface area (Å²) >= 11 is 0. The fraction of sp³-hybridized carbons (Fsp3) is 0.0652. The second-order valence-electron chi connectivity index (χ2n) is 13.3. The molecule has 0 amide bonds. The summed E-state index contributed by atoms with van der Waals surface area (Å²) in [4.78, 5) is 5.01. The van der Waals surface area contributed by atoms with Crippen LogP contribution in [-0.4, -0.2) is 20.7 Å². The number of nitrogens with one attached hydrogen (secondary N) is 1. The highest BCUT2D eigenvalue weighted by molar-refractivity contribution is 6.19. The van der Waals surface area contributed by atoms with Crippen LogP contribution in [0.2, 0.25) is 0 Å². The normalized spacial score (nSPS) is 14.5. The first-order valence-electron chi connectivity index (χ1n) is 17.4. The molecular weight excluding hydrogens is 609 g/mol. The minimum Gasteiger partial charge on any atom is -0.390 e. The quantitative estimate of drug-likeness (QED) is 0.203. The van der Waals surface area contributed by atoms with Gasteiger partial charge in [-0.3, -0.25) is 4.98 Å². The zero-order valence-corrected chi connectivity index (χ0v) is 27.5. The molecule has 4 heterocycles. The van der Waals surface area contributed by atoms with Crippen LogP contribution in [0.4, 0.5) is 0 Å². The molecule has 0 saturated carbocycles. The minimum absolute atomic E-state index is 0.384. The zero-order chi connectivity index (χ0) is 33.0. The first-order valence-corrected chi connectivity index (χ1v) is 17.4. The number of pyridine rings is 1. The SMILES string of the molecule is C1=CNCC(c2ccc(-n3c4ccccc4c4cc5c6ccccc6n(-c6cc(-c7ccccc7)cc(-c7ccccc7)c6)c5cc43)cn2)C1. The molecule has 0 fully saturated rings. The zero-order valence-electron chi connectivity index (χ0n) is 27.5. The van der Waals surface area contributed by atoms with Crippen LogP contribution < -0.4 is 5.32 Å². The van der Waals surface area contributed by atoms with E-state index in [2.05, 4.69) is 178 Å². The van der Waals surface area contributed by atoms with Gasteiger partial charge in [0.25, 0.3) is 0 Å². The molecule has 0 aliphatic carbocycles. The van der Waals surface area contributed by atoms with Crippen molar-refractivity contribution in [1.82, 2.24) is 19.4 Å². The van der Waals surface area contributed by atoms with Crippen molar-refractivity contribution in [1.29, 1.82) is 0 Å². The highest BCUT2D eigenvalue weighted by Gasteiger charge is 2.20. The maximum atomic E-state index is 5.01. The standard InChI is InChI=1S/C46H34N4/c1-3-12-31(13-4-1)34-24-35(32-14-5-2-6-15-32)26-37(25-34)50-44-20-10-8-18-39(44)41-27-40-38-17-7-9-19-43(38)49(45(40)28-46(41)50)36-21-22-42(48-30-36)33-16-11-23-47-29-33/h1-15,17-28,30,33,47H,16,29H2. The average Bonchev–Trinajstić information content (AvgIpc) is 3.70. The number of fused-ring (bicyclic) bond motifs is 6. The number of rotatable bonds is 5. The average molecular weight is 643 g/mol. The molecule has 4 nitrogen and oxygen atoms in total. The maximum Gasteiger partial charge on any atom is 0.0645 e. The van der Waals surface area contributed by atoms with E-state index in [1.54, 1.807) is 0 Å². The molecule has 0 saturated heterocycles. The Hall–Kier alpha value is -6.39. The summed E-state index contributed by atoms with van der Waals surface area (Å²) in [6.07, 6.45) is 7.30. The largest absolute Gasteiger partial charge is 0.390 e. The predicted molar refractivity (Wildman–Crippen MR) is 208 cm³/mol. The van der Waals surface area contributed by atoms with Gasteiger partial charge in [-0.05, 0) is 89.5 Å². The third kappa shape index (κ3) is 4.64. The third-order valence-electron chi connectivity index (χ3n) is 10.3. The Morgan fingerprint density at radius 1 is 0.480 bits per heavy atom. The molecular formula is C46H34N4. The fourth-order valence-corrected chi connectivity index (χ4v) is 7.93. The molecule has 238 valence electrons. The summed E-state index contributed by atoms with van der Waals surface area (Å²) in [7, 11) is 0. The highest BCUT2D eigenvalue weighted by atomic mass is 15.0. The highest BCUT2D eigenvalue weighted by Crippen LogP contribution is 2.41. The van der Waals surface area contributed by atoms with Gasteiger partial charge in [0, 0.05) is 45.4 Å². The van der Waals surface area contributed by atoms with Crippen LogP contribution >= 0.6 is 0 Å². The van der Waals surface area contributed by atoms with Gasteiger partial charge < -0.3 is 14.5 Å². The minimum atomic E-state index is 0.384. The van der Waals surface area contributed by atoms with E-state index < -0.39 is 0 Å². The van der Waals surface area contributed by atoms with Gasteiger partial charge in [0.2, 0.25) is 0 Å². The number of hydrogen-bond acceptors (Lipinski definition) is 2. The summed E-state index contributed by atoms with van der Waals surface area (Å²) in [5, 5.41) is 8.34. The van der Waals surface area contributed by atoms with Crippen LogP contribution in [0.3, 0.4) is 0 Å². The van der Waals surface area contributed by atoms with Gasteiger partial charge in [0.1, 0.15) is 0 Å². The number of para-hydroxylation sites is 2. The Balaban J connectivity index is 1.25. The van der Waals surface area contributed by atoms with E-state index in [0.29, 0.717) is 5.92 Å². The summed E-state index contributed by atoms with van der Waals surface area (Å²) in [5.74, 6) is 0.384. The molecule has 6 aromatic carbocycles. The second-order valence-corrected chi connectivity index (χ2v) is 13.3. The predicted octanol–water partition coefficient (Wildman–Crippen LogP) is 11.2. The van der Waals surface area contributed by atoms with E-state index in [-0.39, 0.29) is 0 Å². The van der Waals surface area contributed by atoms with Crippen molar-refractivity contribution in [3.8, 4) is 33.6 Å². The van der Waals surface area contributed by atoms with E-state index in [1.165, 1.54) is 65.9 Å². The molecule has 0 radical (unpaired) electrons. The van der Waals surface area contributed by atoms with Gasteiger partial charge in [-0.2, -0.15) is 0 Å². The molecule has 1 aliphatic rings. The van der Waals surface area contributed by atoms with E-state index in [0.717, 1.165) is 30.0 Å². The van der Waals surface area contributed by atoms with Gasteiger partial charge >= 0.3 is 0 Å². The van der Waals surface area contributed by atoms with Gasteiger partial charge in [-0.15, -0.1) is 0 Å². The molecule has 1 atom stereocenters. The molecule has 4 heteroatoms. The van der Waals surface area contributed by atoms with Crippen molar-refractivity contribution in [2.75, 3.05) is 6.54 Å². The van der Waals surface area contributed by atoms with Crippen molar-refractivity contribution >= 4 is 43.6 Å². The summed E-state index contributed by atoms with van der Waals surface area (Å²) < 4.78 is 4.84. The monoisotopic (exact) mass is 642 g/mol. The summed E-state index contributed by atoms with van der Waals surface area (Å²) in [5.41, 5.74) is 12.8. The molecule has 0 bridgehead atoms. The lowest BCUT2D eigenvalue weighted by atomic mass is 9.98. The number of benzene rings is 6.